The topological polar surface area (TPSA) is 76.1 Å². The second kappa shape index (κ2) is 9.29. The number of methoxy groups -OCH3 is 1. The molecule has 1 fully saturated rings. The number of rotatable bonds is 6. The maximum atomic E-state index is 13.3. The van der Waals surface area contributed by atoms with E-state index in [1.807, 2.05) is 61.5 Å². The number of carbonyl (C=O) groups is 2. The number of hydrogen-bond acceptors (Lipinski definition) is 5. The van der Waals surface area contributed by atoms with E-state index in [9.17, 15) is 14.7 Å². The third kappa shape index (κ3) is 4.28. The highest BCUT2D eigenvalue weighted by Gasteiger charge is 2.46. The number of ketones is 1. The van der Waals surface area contributed by atoms with Crippen molar-refractivity contribution in [3.05, 3.63) is 101 Å². The number of aliphatic hydroxyl groups excluding tert-OH is 1. The van der Waals surface area contributed by atoms with Gasteiger partial charge in [-0.15, -0.1) is 0 Å². The van der Waals surface area contributed by atoms with Crippen LogP contribution < -0.4 is 9.47 Å². The fourth-order valence-electron chi connectivity index (χ4n) is 4.86. The number of aliphatic hydroxyl groups is 1. The maximum Gasteiger partial charge on any atom is 0.295 e. The largest absolute Gasteiger partial charge is 0.507 e. The quantitative estimate of drug-likeness (QED) is 0.322. The smallest absolute Gasteiger partial charge is 0.295 e. The van der Waals surface area contributed by atoms with E-state index in [2.05, 4.69) is 0 Å². The Balaban J connectivity index is 1.57. The van der Waals surface area contributed by atoms with Crippen molar-refractivity contribution in [2.45, 2.75) is 31.9 Å². The lowest BCUT2D eigenvalue weighted by molar-refractivity contribution is -0.139. The van der Waals surface area contributed by atoms with Crippen molar-refractivity contribution in [1.29, 1.82) is 0 Å². The van der Waals surface area contributed by atoms with Crippen LogP contribution in [-0.2, 0) is 22.4 Å². The lowest BCUT2D eigenvalue weighted by Crippen LogP contribution is -2.31. The Kier molecular flexibility index (Phi) is 6.03. The molecule has 2 aliphatic rings. The molecule has 2 aliphatic heterocycles. The summed E-state index contributed by atoms with van der Waals surface area (Å²) in [4.78, 5) is 28.0. The molecule has 0 aliphatic carbocycles. The molecule has 1 saturated heterocycles. The van der Waals surface area contributed by atoms with Gasteiger partial charge in [0.1, 0.15) is 23.4 Å². The molecule has 178 valence electrons. The monoisotopic (exact) mass is 469 g/mol. The summed E-state index contributed by atoms with van der Waals surface area (Å²) in [5.74, 6) is -0.0107. The van der Waals surface area contributed by atoms with Crippen LogP contribution >= 0.6 is 0 Å². The van der Waals surface area contributed by atoms with E-state index in [1.54, 1.807) is 30.2 Å². The van der Waals surface area contributed by atoms with Gasteiger partial charge in [0.15, 0.2) is 0 Å². The van der Waals surface area contributed by atoms with Crippen LogP contribution in [0.2, 0.25) is 0 Å². The van der Waals surface area contributed by atoms with Gasteiger partial charge in [-0.2, -0.15) is 0 Å². The first-order valence-corrected chi connectivity index (χ1v) is 11.7. The number of benzene rings is 3. The zero-order valence-corrected chi connectivity index (χ0v) is 19.7. The van der Waals surface area contributed by atoms with Gasteiger partial charge in [-0.05, 0) is 60.4 Å². The molecule has 0 aromatic heterocycles. The van der Waals surface area contributed by atoms with Crippen molar-refractivity contribution in [2.24, 2.45) is 0 Å². The first kappa shape index (κ1) is 22.7. The van der Waals surface area contributed by atoms with Gasteiger partial charge in [0.05, 0.1) is 18.7 Å². The Morgan fingerprint density at radius 1 is 1.06 bits per heavy atom. The van der Waals surface area contributed by atoms with Gasteiger partial charge in [-0.1, -0.05) is 42.5 Å². The van der Waals surface area contributed by atoms with Crippen molar-refractivity contribution < 1.29 is 24.2 Å². The minimum absolute atomic E-state index is 0.0604. The molecule has 0 unspecified atom stereocenters. The molecule has 0 saturated carbocycles. The lowest BCUT2D eigenvalue weighted by atomic mass is 9.94. The molecule has 1 N–H and O–H groups in total. The molecule has 2 heterocycles. The third-order valence-corrected chi connectivity index (χ3v) is 6.63. The molecule has 0 spiro atoms. The van der Waals surface area contributed by atoms with Crippen LogP contribution in [0.15, 0.2) is 78.4 Å². The molecule has 1 amide bonds. The van der Waals surface area contributed by atoms with Gasteiger partial charge in [-0.3, -0.25) is 9.59 Å². The van der Waals surface area contributed by atoms with Gasteiger partial charge in [0.2, 0.25) is 0 Å². The number of fused-ring (bicyclic) bond motifs is 1. The fraction of sp³-hybridized carbons (Fsp3) is 0.241. The number of amides is 1. The van der Waals surface area contributed by atoms with E-state index < -0.39 is 17.7 Å². The molecule has 35 heavy (non-hydrogen) atoms. The summed E-state index contributed by atoms with van der Waals surface area (Å²) in [5.41, 5.74) is 3.37. The number of nitrogens with zero attached hydrogens (tertiary/aromatic N) is 1. The van der Waals surface area contributed by atoms with E-state index in [0.29, 0.717) is 24.3 Å². The van der Waals surface area contributed by atoms with E-state index in [1.165, 1.54) is 0 Å². The average molecular weight is 470 g/mol. The number of ether oxygens (including phenoxy) is 2. The van der Waals surface area contributed by atoms with Crippen LogP contribution in [0.3, 0.4) is 0 Å². The standard InChI is InChI=1S/C29H27NO5/c1-18-16-22-17-21(10-13-24(22)35-18)27(31)25-26(20-8-11-23(34-2)12-9-20)30(29(33)28(25)32)15-14-19-6-4-3-5-7-19/h3-13,17-18,26,31H,14-16H2,1-2H3/t18-,26-/m0/s1. The van der Waals surface area contributed by atoms with Crippen molar-refractivity contribution in [3.8, 4) is 11.5 Å². The maximum absolute atomic E-state index is 13.3. The van der Waals surface area contributed by atoms with E-state index in [4.69, 9.17) is 9.47 Å². The van der Waals surface area contributed by atoms with Crippen LogP contribution in [0.1, 0.15) is 35.2 Å². The molecular formula is C29H27NO5. The van der Waals surface area contributed by atoms with Gasteiger partial charge < -0.3 is 19.5 Å². The van der Waals surface area contributed by atoms with Gasteiger partial charge in [0, 0.05) is 18.5 Å². The Hall–Kier alpha value is -4.06. The summed E-state index contributed by atoms with van der Waals surface area (Å²) >= 11 is 0. The molecule has 6 nitrogen and oxygen atoms in total. The Morgan fingerprint density at radius 3 is 2.51 bits per heavy atom. The Bertz CT molecular complexity index is 1300. The predicted molar refractivity (Wildman–Crippen MR) is 132 cm³/mol. The normalized spacial score (nSPS) is 20.6. The van der Waals surface area contributed by atoms with Crippen LogP contribution in [0, 0.1) is 0 Å². The second-order valence-electron chi connectivity index (χ2n) is 8.96. The molecule has 0 radical (unpaired) electrons. The molecule has 6 heteroatoms. The summed E-state index contributed by atoms with van der Waals surface area (Å²) in [5, 5.41) is 11.4. The third-order valence-electron chi connectivity index (χ3n) is 6.63. The lowest BCUT2D eigenvalue weighted by Gasteiger charge is -2.25. The zero-order valence-electron chi connectivity index (χ0n) is 19.7. The van der Waals surface area contributed by atoms with Crippen molar-refractivity contribution >= 4 is 17.4 Å². The summed E-state index contributed by atoms with van der Waals surface area (Å²) in [7, 11) is 1.58. The van der Waals surface area contributed by atoms with Crippen molar-refractivity contribution in [1.82, 2.24) is 4.90 Å². The van der Waals surface area contributed by atoms with Crippen molar-refractivity contribution in [3.63, 3.8) is 0 Å². The summed E-state index contributed by atoms with van der Waals surface area (Å²) in [6, 6.07) is 21.7. The second-order valence-corrected chi connectivity index (χ2v) is 8.96. The molecule has 2 atom stereocenters. The summed E-state index contributed by atoms with van der Waals surface area (Å²) in [6.07, 6.45) is 1.38. The van der Waals surface area contributed by atoms with E-state index >= 15 is 0 Å². The van der Waals surface area contributed by atoms with Crippen LogP contribution in [0.25, 0.3) is 5.76 Å². The van der Waals surface area contributed by atoms with Gasteiger partial charge in [-0.25, -0.2) is 0 Å². The summed E-state index contributed by atoms with van der Waals surface area (Å²) in [6.45, 7) is 2.33. The van der Waals surface area contributed by atoms with Crippen molar-refractivity contribution in [2.75, 3.05) is 13.7 Å². The molecule has 0 bridgehead atoms. The van der Waals surface area contributed by atoms with Gasteiger partial charge >= 0.3 is 0 Å². The highest BCUT2D eigenvalue weighted by Crippen LogP contribution is 2.41. The number of likely N-dealkylation sites (tertiary alicyclic amines) is 1. The van der Waals surface area contributed by atoms with E-state index in [-0.39, 0.29) is 17.4 Å². The first-order valence-electron chi connectivity index (χ1n) is 11.7. The minimum Gasteiger partial charge on any atom is -0.507 e. The number of Topliss-reactive ketones (excluding diaryl/α,β-unsaturated/α-hetero) is 1. The zero-order chi connectivity index (χ0) is 24.5. The SMILES string of the molecule is COc1ccc([C@H]2C(=C(O)c3ccc4c(c3)C[C@H](C)O4)C(=O)C(=O)N2CCc2ccccc2)cc1. The molecule has 3 aromatic carbocycles. The first-order chi connectivity index (χ1) is 17.0. The van der Waals surface area contributed by atoms with Crippen LogP contribution in [0.5, 0.6) is 11.5 Å². The minimum atomic E-state index is -0.701. The molecular weight excluding hydrogens is 442 g/mol. The average Bonchev–Trinajstić information content (AvgIpc) is 3.38. The molecule has 3 aromatic rings. The van der Waals surface area contributed by atoms with Crippen LogP contribution in [-0.4, -0.2) is 41.5 Å². The highest BCUT2D eigenvalue weighted by molar-refractivity contribution is 6.46. The predicted octanol–water partition coefficient (Wildman–Crippen LogP) is 4.68. The number of carbonyl (C=O) groups excluding carboxylic acids is 2. The Labute approximate surface area is 204 Å². The van der Waals surface area contributed by atoms with E-state index in [0.717, 1.165) is 28.9 Å². The Morgan fingerprint density at radius 2 is 1.80 bits per heavy atom. The highest BCUT2D eigenvalue weighted by atomic mass is 16.5. The van der Waals surface area contributed by atoms with Crippen LogP contribution in [0.4, 0.5) is 0 Å². The molecule has 5 rings (SSSR count). The summed E-state index contributed by atoms with van der Waals surface area (Å²) < 4.78 is 11.1. The number of hydrogen-bond donors (Lipinski definition) is 1. The fourth-order valence-corrected chi connectivity index (χ4v) is 4.86. The van der Waals surface area contributed by atoms with Gasteiger partial charge in [0.25, 0.3) is 11.7 Å².